The number of aromatic nitrogens is 3. The molecule has 2 aliphatic rings. The molecule has 9 nitrogen and oxygen atoms in total. The number of carbonyl (C=O) groups excluding carboxylic acids is 1. The van der Waals surface area contributed by atoms with Crippen LogP contribution in [0.15, 0.2) is 67.0 Å². The lowest BCUT2D eigenvalue weighted by atomic mass is 9.90. The molecule has 0 atom stereocenters. The summed E-state index contributed by atoms with van der Waals surface area (Å²) in [7, 11) is 0. The molecule has 0 saturated carbocycles. The highest BCUT2D eigenvalue weighted by atomic mass is 19.1. The molecule has 5 aromatic rings. The lowest BCUT2D eigenvalue weighted by Gasteiger charge is -2.44. The molecule has 0 radical (unpaired) electrons. The van der Waals surface area contributed by atoms with E-state index in [2.05, 4.69) is 54.8 Å². The first-order valence-corrected chi connectivity index (χ1v) is 16.6. The van der Waals surface area contributed by atoms with E-state index in [1.165, 1.54) is 50.0 Å². The standard InChI is InChI=1S/C38H40F2N6O3/c1-23-29(17-27(39)18-32(23)45-36(47)28-9-8-26(16-31(28)40)37(2,3)48)34-30-19-33(44-35(30)43-22-42-34)25-6-4-24(5-7-25)20-46-13-10-38(11-14-46)21-41-12-15-49-38/h4-9,16-19,22,41,48H,10-15,20-21H2,1-3H3,(H,45,47)(H,42,43,44). The van der Waals surface area contributed by atoms with E-state index in [1.807, 2.05) is 6.07 Å². The number of nitrogens with one attached hydrogen (secondary N) is 3. The number of benzene rings is 3. The molecule has 0 aliphatic carbocycles. The number of aliphatic hydroxyl groups is 1. The fraction of sp³-hybridized carbons (Fsp3) is 0.342. The average molecular weight is 667 g/mol. The number of hydrogen-bond acceptors (Lipinski definition) is 7. The van der Waals surface area contributed by atoms with Gasteiger partial charge in [-0.25, -0.2) is 18.7 Å². The van der Waals surface area contributed by atoms with Gasteiger partial charge in [-0.15, -0.1) is 0 Å². The summed E-state index contributed by atoms with van der Waals surface area (Å²) in [6.07, 6.45) is 3.48. The summed E-state index contributed by atoms with van der Waals surface area (Å²) in [4.78, 5) is 27.9. The third kappa shape index (κ3) is 6.84. The Balaban J connectivity index is 1.10. The van der Waals surface area contributed by atoms with Crippen LogP contribution in [-0.4, -0.2) is 69.3 Å². The summed E-state index contributed by atoms with van der Waals surface area (Å²) >= 11 is 0. The first kappa shape index (κ1) is 33.0. The molecule has 0 bridgehead atoms. The fourth-order valence-corrected chi connectivity index (χ4v) is 6.83. The molecule has 2 aliphatic heterocycles. The van der Waals surface area contributed by atoms with Crippen molar-refractivity contribution in [3.8, 4) is 22.5 Å². The van der Waals surface area contributed by atoms with Crippen molar-refractivity contribution in [1.82, 2.24) is 25.2 Å². The SMILES string of the molecule is Cc1c(NC(=O)c2ccc(C(C)(C)O)cc2F)cc(F)cc1-c1ncnc2[nH]c(-c3ccc(CN4CCC5(CC4)CNCCO5)cc3)cc12. The van der Waals surface area contributed by atoms with Crippen LogP contribution in [0.1, 0.15) is 53.7 Å². The predicted octanol–water partition coefficient (Wildman–Crippen LogP) is 6.31. The Hall–Kier alpha value is -4.55. The van der Waals surface area contributed by atoms with Crippen LogP contribution in [0.2, 0.25) is 0 Å². The number of nitrogens with zero attached hydrogens (tertiary/aromatic N) is 3. The second-order valence-electron chi connectivity index (χ2n) is 13.7. The summed E-state index contributed by atoms with van der Waals surface area (Å²) in [5.74, 6) is -2.11. The minimum atomic E-state index is -1.27. The van der Waals surface area contributed by atoms with Gasteiger partial charge in [-0.3, -0.25) is 9.69 Å². The molecule has 2 aromatic heterocycles. The number of hydrogen-bond donors (Lipinski definition) is 4. The number of halogens is 2. The summed E-state index contributed by atoms with van der Waals surface area (Å²) in [6.45, 7) is 10.3. The van der Waals surface area contributed by atoms with Crippen LogP contribution < -0.4 is 10.6 Å². The Labute approximate surface area is 283 Å². The minimum Gasteiger partial charge on any atom is -0.386 e. The lowest BCUT2D eigenvalue weighted by molar-refractivity contribution is -0.100. The minimum absolute atomic E-state index is 0.0130. The van der Waals surface area contributed by atoms with E-state index in [9.17, 15) is 14.3 Å². The molecule has 0 unspecified atom stereocenters. The van der Waals surface area contributed by atoms with Crippen molar-refractivity contribution in [3.63, 3.8) is 0 Å². The van der Waals surface area contributed by atoms with E-state index < -0.39 is 23.1 Å². The Morgan fingerprint density at radius 3 is 2.53 bits per heavy atom. The van der Waals surface area contributed by atoms with Gasteiger partial charge in [0, 0.05) is 55.1 Å². The van der Waals surface area contributed by atoms with Crippen LogP contribution >= 0.6 is 0 Å². The zero-order chi connectivity index (χ0) is 34.3. The molecule has 2 fully saturated rings. The first-order valence-electron chi connectivity index (χ1n) is 16.6. The van der Waals surface area contributed by atoms with Crippen molar-refractivity contribution < 1.29 is 23.4 Å². The highest BCUT2D eigenvalue weighted by Gasteiger charge is 2.36. The van der Waals surface area contributed by atoms with Crippen LogP contribution in [-0.2, 0) is 16.9 Å². The molecule has 2 saturated heterocycles. The van der Waals surface area contributed by atoms with E-state index in [0.717, 1.165) is 69.5 Å². The second kappa shape index (κ2) is 13.1. The van der Waals surface area contributed by atoms with Gasteiger partial charge in [0.2, 0.25) is 0 Å². The summed E-state index contributed by atoms with van der Waals surface area (Å²) in [5.41, 5.74) is 4.20. The third-order valence-electron chi connectivity index (χ3n) is 9.79. The van der Waals surface area contributed by atoms with Crippen LogP contribution in [0.5, 0.6) is 0 Å². The van der Waals surface area contributed by atoms with Gasteiger partial charge < -0.3 is 25.5 Å². The van der Waals surface area contributed by atoms with Crippen molar-refractivity contribution >= 4 is 22.6 Å². The zero-order valence-corrected chi connectivity index (χ0v) is 27.9. The van der Waals surface area contributed by atoms with Crippen molar-refractivity contribution in [2.75, 3.05) is 38.1 Å². The number of amides is 1. The van der Waals surface area contributed by atoms with Gasteiger partial charge >= 0.3 is 0 Å². The molecule has 4 N–H and O–H groups in total. The van der Waals surface area contributed by atoms with Crippen LogP contribution in [0, 0.1) is 18.6 Å². The number of piperidine rings is 1. The molecule has 7 rings (SSSR count). The van der Waals surface area contributed by atoms with Gasteiger partial charge in [-0.2, -0.15) is 0 Å². The molecule has 1 amide bonds. The average Bonchev–Trinajstić information content (AvgIpc) is 3.52. The van der Waals surface area contributed by atoms with Gasteiger partial charge in [0.15, 0.2) is 0 Å². The molecule has 11 heteroatoms. The third-order valence-corrected chi connectivity index (χ3v) is 9.79. The largest absolute Gasteiger partial charge is 0.386 e. The Bertz CT molecular complexity index is 2010. The number of likely N-dealkylation sites (tertiary alicyclic amines) is 1. The molecule has 3 aromatic carbocycles. The monoisotopic (exact) mass is 666 g/mol. The maximum atomic E-state index is 15.1. The predicted molar refractivity (Wildman–Crippen MR) is 185 cm³/mol. The topological polar surface area (TPSA) is 115 Å². The van der Waals surface area contributed by atoms with Crippen LogP contribution in [0.3, 0.4) is 0 Å². The number of anilines is 1. The maximum absolute atomic E-state index is 15.1. The molecule has 254 valence electrons. The van der Waals surface area contributed by atoms with E-state index in [4.69, 9.17) is 4.74 Å². The van der Waals surface area contributed by atoms with E-state index in [-0.39, 0.29) is 16.9 Å². The first-order chi connectivity index (χ1) is 23.5. The molecule has 49 heavy (non-hydrogen) atoms. The Kier molecular flexibility index (Phi) is 8.78. The van der Waals surface area contributed by atoms with Crippen molar-refractivity contribution in [1.29, 1.82) is 0 Å². The van der Waals surface area contributed by atoms with Gasteiger partial charge in [-0.1, -0.05) is 30.3 Å². The van der Waals surface area contributed by atoms with Crippen molar-refractivity contribution in [2.24, 2.45) is 0 Å². The molecule has 4 heterocycles. The van der Waals surface area contributed by atoms with Crippen LogP contribution in [0.25, 0.3) is 33.5 Å². The number of aromatic amines is 1. The van der Waals surface area contributed by atoms with E-state index >= 15 is 4.39 Å². The van der Waals surface area contributed by atoms with E-state index in [1.54, 1.807) is 6.92 Å². The molecular formula is C38H40F2N6O3. The number of rotatable bonds is 7. The molecule has 1 spiro atoms. The Morgan fingerprint density at radius 1 is 1.06 bits per heavy atom. The summed E-state index contributed by atoms with van der Waals surface area (Å²) in [5, 5.41) is 17.0. The summed E-state index contributed by atoms with van der Waals surface area (Å²) < 4.78 is 36.1. The Morgan fingerprint density at radius 2 is 1.84 bits per heavy atom. The smallest absolute Gasteiger partial charge is 0.258 e. The number of H-pyrrole nitrogens is 1. The number of carbonyl (C=O) groups is 1. The van der Waals surface area contributed by atoms with Gasteiger partial charge in [0.25, 0.3) is 5.91 Å². The zero-order valence-electron chi connectivity index (χ0n) is 27.9. The maximum Gasteiger partial charge on any atom is 0.258 e. The number of ether oxygens (including phenoxy) is 1. The van der Waals surface area contributed by atoms with Gasteiger partial charge in [-0.05, 0) is 86.2 Å². The number of fused-ring (bicyclic) bond motifs is 1. The van der Waals surface area contributed by atoms with Gasteiger partial charge in [0.1, 0.15) is 23.6 Å². The highest BCUT2D eigenvalue weighted by molar-refractivity contribution is 6.06. The van der Waals surface area contributed by atoms with E-state index in [0.29, 0.717) is 33.4 Å². The van der Waals surface area contributed by atoms with Gasteiger partial charge in [0.05, 0.1) is 29.1 Å². The quantitative estimate of drug-likeness (QED) is 0.161. The highest BCUT2D eigenvalue weighted by Crippen LogP contribution is 2.35. The van der Waals surface area contributed by atoms with Crippen LogP contribution in [0.4, 0.5) is 14.5 Å². The van der Waals surface area contributed by atoms with Crippen molar-refractivity contribution in [3.05, 3.63) is 101 Å². The summed E-state index contributed by atoms with van der Waals surface area (Å²) in [6, 6.07) is 16.9. The number of morpholine rings is 1. The normalized spacial score (nSPS) is 16.7. The lowest BCUT2D eigenvalue weighted by Crippen LogP contribution is -2.55. The van der Waals surface area contributed by atoms with Crippen molar-refractivity contribution in [2.45, 2.75) is 51.4 Å². The molecular weight excluding hydrogens is 626 g/mol. The fourth-order valence-electron chi connectivity index (χ4n) is 6.83. The second-order valence-corrected chi connectivity index (χ2v) is 13.7.